The number of hydrogen-bond acceptors (Lipinski definition) is 2. The Morgan fingerprint density at radius 2 is 2.14 bits per heavy atom. The van der Waals surface area contributed by atoms with Gasteiger partial charge in [-0.1, -0.05) is 13.3 Å². The molecular weight excluding hydrogens is 262 g/mol. The molecule has 0 radical (unpaired) electrons. The average molecular weight is 289 g/mol. The van der Waals surface area contributed by atoms with Gasteiger partial charge >= 0.3 is 0 Å². The van der Waals surface area contributed by atoms with E-state index in [9.17, 15) is 4.79 Å². The van der Waals surface area contributed by atoms with E-state index in [1.54, 1.807) is 0 Å². The number of nitrogens with zero attached hydrogens (tertiary/aromatic N) is 1. The molecule has 1 aliphatic carbocycles. The molecule has 2 aliphatic rings. The van der Waals surface area contributed by atoms with Crippen LogP contribution < -0.4 is 10.6 Å². The van der Waals surface area contributed by atoms with Crippen LogP contribution in [0.5, 0.6) is 0 Å². The van der Waals surface area contributed by atoms with Crippen LogP contribution in [0.3, 0.4) is 0 Å². The minimum atomic E-state index is 0.0954. The molecular formula is C17H27N3O. The zero-order valence-electron chi connectivity index (χ0n) is 13.0. The van der Waals surface area contributed by atoms with Crippen molar-refractivity contribution in [2.45, 2.75) is 45.1 Å². The second-order valence-electron chi connectivity index (χ2n) is 6.78. The third-order valence-electron chi connectivity index (χ3n) is 5.07. The summed E-state index contributed by atoms with van der Waals surface area (Å²) in [4.78, 5) is 12.5. The van der Waals surface area contributed by atoms with Gasteiger partial charge in [-0.3, -0.25) is 4.79 Å². The summed E-state index contributed by atoms with van der Waals surface area (Å²) in [6, 6.07) is 4.41. The molecule has 1 aromatic heterocycles. The third-order valence-corrected chi connectivity index (χ3v) is 5.07. The summed E-state index contributed by atoms with van der Waals surface area (Å²) < 4.78 is 2.17. The van der Waals surface area contributed by atoms with E-state index in [1.807, 2.05) is 12.1 Å². The molecule has 0 aromatic carbocycles. The second kappa shape index (κ2) is 6.65. The summed E-state index contributed by atoms with van der Waals surface area (Å²) >= 11 is 0. The summed E-state index contributed by atoms with van der Waals surface area (Å²) in [5, 5.41) is 6.53. The van der Waals surface area contributed by atoms with Gasteiger partial charge in [0.25, 0.3) is 5.91 Å². The minimum Gasteiger partial charge on any atom is -0.350 e. The highest BCUT2D eigenvalue weighted by Gasteiger charge is 2.23. The predicted octanol–water partition coefficient (Wildman–Crippen LogP) is 2.58. The van der Waals surface area contributed by atoms with Crippen molar-refractivity contribution in [1.82, 2.24) is 15.2 Å². The number of carbonyl (C=O) groups is 1. The van der Waals surface area contributed by atoms with Gasteiger partial charge in [-0.2, -0.15) is 0 Å². The Bertz CT molecular complexity index is 476. The Hall–Kier alpha value is -1.29. The van der Waals surface area contributed by atoms with E-state index in [0.717, 1.165) is 44.1 Å². The van der Waals surface area contributed by atoms with Crippen molar-refractivity contribution in [3.63, 3.8) is 0 Å². The Balaban J connectivity index is 1.58. The van der Waals surface area contributed by atoms with Gasteiger partial charge in [0.1, 0.15) is 5.69 Å². The number of aromatic nitrogens is 1. The minimum absolute atomic E-state index is 0.0954. The molecule has 1 saturated heterocycles. The molecule has 21 heavy (non-hydrogen) atoms. The number of nitrogens with one attached hydrogen (secondary N) is 2. The first-order valence-electron chi connectivity index (χ1n) is 8.40. The summed E-state index contributed by atoms with van der Waals surface area (Å²) in [6.07, 6.45) is 8.10. The van der Waals surface area contributed by atoms with E-state index in [4.69, 9.17) is 0 Å². The molecule has 4 heteroatoms. The first-order chi connectivity index (χ1) is 10.2. The topological polar surface area (TPSA) is 46.1 Å². The number of rotatable bonds is 4. The lowest BCUT2D eigenvalue weighted by molar-refractivity contribution is 0.0934. The maximum Gasteiger partial charge on any atom is 0.267 e. The monoisotopic (exact) mass is 289 g/mol. The van der Waals surface area contributed by atoms with E-state index in [0.29, 0.717) is 12.0 Å². The van der Waals surface area contributed by atoms with Gasteiger partial charge in [-0.05, 0) is 62.7 Å². The molecule has 2 N–H and O–H groups in total. The van der Waals surface area contributed by atoms with Crippen molar-refractivity contribution in [2.24, 2.45) is 11.8 Å². The molecule has 2 unspecified atom stereocenters. The largest absolute Gasteiger partial charge is 0.350 e. The zero-order chi connectivity index (χ0) is 14.7. The van der Waals surface area contributed by atoms with Crippen molar-refractivity contribution in [2.75, 3.05) is 19.6 Å². The summed E-state index contributed by atoms with van der Waals surface area (Å²) in [5.41, 5.74) is 0.827. The molecule has 4 nitrogen and oxygen atoms in total. The van der Waals surface area contributed by atoms with Crippen LogP contribution in [0.25, 0.3) is 0 Å². The smallest absolute Gasteiger partial charge is 0.267 e. The van der Waals surface area contributed by atoms with Crippen LogP contribution in [-0.4, -0.2) is 30.1 Å². The highest BCUT2D eigenvalue weighted by atomic mass is 16.1. The fraction of sp³-hybridized carbons (Fsp3) is 0.706. The molecule has 0 bridgehead atoms. The van der Waals surface area contributed by atoms with E-state index in [-0.39, 0.29) is 5.91 Å². The fourth-order valence-corrected chi connectivity index (χ4v) is 3.83. The quantitative estimate of drug-likeness (QED) is 0.895. The summed E-state index contributed by atoms with van der Waals surface area (Å²) in [6.45, 7) is 5.23. The Morgan fingerprint density at radius 1 is 1.33 bits per heavy atom. The second-order valence-corrected chi connectivity index (χ2v) is 6.78. The molecule has 1 aromatic rings. The predicted molar refractivity (Wildman–Crippen MR) is 84.4 cm³/mol. The van der Waals surface area contributed by atoms with E-state index in [1.165, 1.54) is 19.3 Å². The standard InChI is InChI=1S/C17H27N3O/c1-13-4-5-14(11-13)12-19-17(21)16-3-2-10-20(16)15-6-8-18-9-7-15/h2-3,10,13-15,18H,4-9,11-12H2,1H3,(H,19,21). The fourth-order valence-electron chi connectivity index (χ4n) is 3.83. The first-order valence-corrected chi connectivity index (χ1v) is 8.40. The van der Waals surface area contributed by atoms with Gasteiger partial charge in [-0.25, -0.2) is 0 Å². The number of piperidine rings is 1. The van der Waals surface area contributed by atoms with Crippen LogP contribution in [0.2, 0.25) is 0 Å². The molecule has 1 aliphatic heterocycles. The van der Waals surface area contributed by atoms with Crippen molar-refractivity contribution in [3.8, 4) is 0 Å². The zero-order valence-corrected chi connectivity index (χ0v) is 13.0. The Morgan fingerprint density at radius 3 is 2.86 bits per heavy atom. The highest BCUT2D eigenvalue weighted by molar-refractivity contribution is 5.92. The number of carbonyl (C=O) groups excluding carboxylic acids is 1. The highest BCUT2D eigenvalue weighted by Crippen LogP contribution is 2.29. The lowest BCUT2D eigenvalue weighted by atomic mass is 10.1. The van der Waals surface area contributed by atoms with Gasteiger partial charge in [0.05, 0.1) is 0 Å². The average Bonchev–Trinajstić information content (AvgIpc) is 3.14. The first kappa shape index (κ1) is 14.6. The van der Waals surface area contributed by atoms with Crippen LogP contribution >= 0.6 is 0 Å². The molecule has 1 saturated carbocycles. The normalized spacial score (nSPS) is 26.9. The molecule has 3 rings (SSSR count). The van der Waals surface area contributed by atoms with E-state index < -0.39 is 0 Å². The Kier molecular flexibility index (Phi) is 4.63. The molecule has 0 spiro atoms. The van der Waals surface area contributed by atoms with Crippen LogP contribution in [-0.2, 0) is 0 Å². The van der Waals surface area contributed by atoms with Gasteiger partial charge in [0, 0.05) is 18.8 Å². The van der Waals surface area contributed by atoms with Gasteiger partial charge < -0.3 is 15.2 Å². The van der Waals surface area contributed by atoms with Crippen molar-refractivity contribution in [1.29, 1.82) is 0 Å². The van der Waals surface area contributed by atoms with Gasteiger partial charge in [-0.15, -0.1) is 0 Å². The van der Waals surface area contributed by atoms with E-state index in [2.05, 4.69) is 28.3 Å². The lowest BCUT2D eigenvalue weighted by Gasteiger charge is -2.26. The summed E-state index contributed by atoms with van der Waals surface area (Å²) in [5.74, 6) is 1.59. The summed E-state index contributed by atoms with van der Waals surface area (Å²) in [7, 11) is 0. The molecule has 1 amide bonds. The van der Waals surface area contributed by atoms with Crippen molar-refractivity contribution in [3.05, 3.63) is 24.0 Å². The molecule has 2 atom stereocenters. The third kappa shape index (κ3) is 3.49. The molecule has 2 fully saturated rings. The van der Waals surface area contributed by atoms with Crippen LogP contribution in [0, 0.1) is 11.8 Å². The Labute approximate surface area is 127 Å². The van der Waals surface area contributed by atoms with Crippen molar-refractivity contribution >= 4 is 5.91 Å². The van der Waals surface area contributed by atoms with E-state index >= 15 is 0 Å². The SMILES string of the molecule is CC1CCC(CNC(=O)c2cccn2C2CCNCC2)C1. The van der Waals surface area contributed by atoms with Crippen LogP contribution in [0.4, 0.5) is 0 Å². The maximum atomic E-state index is 12.5. The van der Waals surface area contributed by atoms with Gasteiger partial charge in [0.2, 0.25) is 0 Å². The molecule has 2 heterocycles. The molecule has 116 valence electrons. The maximum absolute atomic E-state index is 12.5. The van der Waals surface area contributed by atoms with Gasteiger partial charge in [0.15, 0.2) is 0 Å². The lowest BCUT2D eigenvalue weighted by Crippen LogP contribution is -2.33. The van der Waals surface area contributed by atoms with Crippen LogP contribution in [0.15, 0.2) is 18.3 Å². The number of amides is 1. The van der Waals surface area contributed by atoms with Crippen LogP contribution in [0.1, 0.15) is 55.6 Å². The number of hydrogen-bond donors (Lipinski definition) is 2. The van der Waals surface area contributed by atoms with Crippen molar-refractivity contribution < 1.29 is 4.79 Å².